The normalized spacial score (nSPS) is 11.6. The number of fused-ring (bicyclic) bond motifs is 1. The summed E-state index contributed by atoms with van der Waals surface area (Å²) in [5, 5.41) is 3.23. The van der Waals surface area contributed by atoms with E-state index < -0.39 is 9.05 Å². The molecular formula is C8H3Cl2N3O2S. The summed E-state index contributed by atoms with van der Waals surface area (Å²) in [6.07, 6.45) is 5.15. The van der Waals surface area contributed by atoms with Crippen molar-refractivity contribution in [3.05, 3.63) is 23.0 Å². The predicted octanol–water partition coefficient (Wildman–Crippen LogP) is 1.29. The molecule has 0 amide bonds. The minimum absolute atomic E-state index is 0.239. The van der Waals surface area contributed by atoms with Crippen LogP contribution in [0.5, 0.6) is 0 Å². The van der Waals surface area contributed by atoms with Gasteiger partial charge in [-0.2, -0.15) is 9.61 Å². The monoisotopic (exact) mass is 275 g/mol. The van der Waals surface area contributed by atoms with Crippen molar-refractivity contribution in [3.63, 3.8) is 0 Å². The topological polar surface area (TPSA) is 64.3 Å². The zero-order valence-corrected chi connectivity index (χ0v) is 9.88. The number of halogens is 2. The quantitative estimate of drug-likeness (QED) is 0.581. The van der Waals surface area contributed by atoms with Crippen LogP contribution in [0.15, 0.2) is 17.2 Å². The van der Waals surface area contributed by atoms with Gasteiger partial charge in [-0.15, -0.1) is 6.42 Å². The molecule has 0 spiro atoms. The Balaban J connectivity index is 2.94. The second kappa shape index (κ2) is 3.63. The highest BCUT2D eigenvalue weighted by Crippen LogP contribution is 2.24. The highest BCUT2D eigenvalue weighted by atomic mass is 35.7. The van der Waals surface area contributed by atoms with E-state index in [2.05, 4.69) is 16.0 Å². The maximum Gasteiger partial charge on any atom is 0.281 e. The fraction of sp³-hybridized carbons (Fsp3) is 0. The number of rotatable bonds is 1. The molecule has 16 heavy (non-hydrogen) atoms. The molecular weight excluding hydrogens is 273 g/mol. The van der Waals surface area contributed by atoms with E-state index in [0.717, 1.165) is 4.52 Å². The van der Waals surface area contributed by atoms with Crippen molar-refractivity contribution < 1.29 is 8.42 Å². The number of hydrogen-bond donors (Lipinski definition) is 0. The van der Waals surface area contributed by atoms with Crippen molar-refractivity contribution >= 4 is 37.0 Å². The van der Waals surface area contributed by atoms with Crippen molar-refractivity contribution in [1.82, 2.24) is 14.6 Å². The molecule has 0 aliphatic heterocycles. The summed E-state index contributed by atoms with van der Waals surface area (Å²) in [4.78, 5) is 3.79. The molecule has 0 fully saturated rings. The standard InChI is InChI=1S/C8H3Cl2N3O2S/c1-2-5-3-4-6-11-7(9)8(13(6)12-5)16(10,14)15/h1,3-4H. The van der Waals surface area contributed by atoms with E-state index in [9.17, 15) is 8.42 Å². The Morgan fingerprint density at radius 2 is 2.12 bits per heavy atom. The van der Waals surface area contributed by atoms with Gasteiger partial charge in [-0.1, -0.05) is 11.6 Å². The summed E-state index contributed by atoms with van der Waals surface area (Å²) < 4.78 is 23.5. The molecule has 0 bridgehead atoms. The Kier molecular flexibility index (Phi) is 2.54. The van der Waals surface area contributed by atoms with Gasteiger partial charge < -0.3 is 0 Å². The maximum absolute atomic E-state index is 11.3. The van der Waals surface area contributed by atoms with Crippen LogP contribution in [0.1, 0.15) is 5.69 Å². The summed E-state index contributed by atoms with van der Waals surface area (Å²) in [5.41, 5.74) is 0.506. The maximum atomic E-state index is 11.3. The first-order valence-corrected chi connectivity index (χ1v) is 6.59. The molecule has 0 saturated carbocycles. The van der Waals surface area contributed by atoms with Crippen LogP contribution in [-0.2, 0) is 9.05 Å². The van der Waals surface area contributed by atoms with Crippen molar-refractivity contribution in [2.45, 2.75) is 5.03 Å². The van der Waals surface area contributed by atoms with Crippen molar-refractivity contribution in [2.75, 3.05) is 0 Å². The van der Waals surface area contributed by atoms with Crippen LogP contribution < -0.4 is 0 Å². The Bertz CT molecular complexity index is 715. The van der Waals surface area contributed by atoms with E-state index in [-0.39, 0.29) is 21.5 Å². The molecule has 0 aliphatic carbocycles. The smallest absolute Gasteiger partial charge is 0.214 e. The van der Waals surface area contributed by atoms with E-state index in [1.54, 1.807) is 0 Å². The lowest BCUT2D eigenvalue weighted by atomic mass is 10.4. The molecule has 82 valence electrons. The van der Waals surface area contributed by atoms with Crippen LogP contribution in [0.2, 0.25) is 5.15 Å². The summed E-state index contributed by atoms with van der Waals surface area (Å²) in [6.45, 7) is 0. The molecule has 2 rings (SSSR count). The van der Waals surface area contributed by atoms with E-state index in [1.165, 1.54) is 12.1 Å². The molecule has 0 saturated heterocycles. The van der Waals surface area contributed by atoms with Gasteiger partial charge in [0.15, 0.2) is 10.8 Å². The Hall–Kier alpha value is -1.29. The van der Waals surface area contributed by atoms with Crippen LogP contribution in [0, 0.1) is 12.3 Å². The Labute approximate surface area is 100 Å². The average molecular weight is 276 g/mol. The zero-order chi connectivity index (χ0) is 11.9. The lowest BCUT2D eigenvalue weighted by molar-refractivity contribution is 0.602. The van der Waals surface area contributed by atoms with Gasteiger partial charge in [0.25, 0.3) is 9.05 Å². The van der Waals surface area contributed by atoms with E-state index in [0.29, 0.717) is 0 Å². The van der Waals surface area contributed by atoms with E-state index in [1.807, 2.05) is 0 Å². The molecule has 0 N–H and O–H groups in total. The molecule has 0 unspecified atom stereocenters. The SMILES string of the molecule is C#Cc1ccc2nc(Cl)c(S(=O)(=O)Cl)n2n1. The van der Waals surface area contributed by atoms with Gasteiger partial charge in [-0.3, -0.25) is 0 Å². The Morgan fingerprint density at radius 1 is 1.44 bits per heavy atom. The van der Waals surface area contributed by atoms with Gasteiger partial charge in [-0.25, -0.2) is 13.4 Å². The second-order valence-corrected chi connectivity index (χ2v) is 5.62. The highest BCUT2D eigenvalue weighted by molar-refractivity contribution is 8.13. The van der Waals surface area contributed by atoms with Crippen LogP contribution in [-0.4, -0.2) is 23.0 Å². The summed E-state index contributed by atoms with van der Waals surface area (Å²) in [6, 6.07) is 3.02. The van der Waals surface area contributed by atoms with Gasteiger partial charge in [0.05, 0.1) is 0 Å². The molecule has 0 radical (unpaired) electrons. The lowest BCUT2D eigenvalue weighted by Crippen LogP contribution is -2.02. The predicted molar refractivity (Wildman–Crippen MR) is 59.0 cm³/mol. The van der Waals surface area contributed by atoms with Crippen LogP contribution in [0.3, 0.4) is 0 Å². The van der Waals surface area contributed by atoms with Crippen molar-refractivity contribution in [2.24, 2.45) is 0 Å². The summed E-state index contributed by atoms with van der Waals surface area (Å²) in [7, 11) is 1.18. The number of aromatic nitrogens is 3. The molecule has 0 atom stereocenters. The van der Waals surface area contributed by atoms with Crippen LogP contribution >= 0.6 is 22.3 Å². The fourth-order valence-corrected chi connectivity index (χ4v) is 2.76. The van der Waals surface area contributed by atoms with Gasteiger partial charge in [-0.05, 0) is 18.1 Å². The van der Waals surface area contributed by atoms with E-state index >= 15 is 0 Å². The van der Waals surface area contributed by atoms with Crippen molar-refractivity contribution in [1.29, 1.82) is 0 Å². The summed E-state index contributed by atoms with van der Waals surface area (Å²) >= 11 is 5.66. The highest BCUT2D eigenvalue weighted by Gasteiger charge is 2.23. The minimum Gasteiger partial charge on any atom is -0.214 e. The van der Waals surface area contributed by atoms with Gasteiger partial charge >= 0.3 is 0 Å². The molecule has 0 aromatic carbocycles. The number of nitrogens with zero attached hydrogens (tertiary/aromatic N) is 3. The first kappa shape index (κ1) is 11.2. The fourth-order valence-electron chi connectivity index (χ4n) is 1.17. The number of imidazole rings is 1. The molecule has 2 aromatic heterocycles. The van der Waals surface area contributed by atoms with Crippen LogP contribution in [0.4, 0.5) is 0 Å². The molecule has 8 heteroatoms. The zero-order valence-electron chi connectivity index (χ0n) is 7.55. The number of hydrogen-bond acceptors (Lipinski definition) is 4. The minimum atomic E-state index is -4.03. The van der Waals surface area contributed by atoms with Crippen LogP contribution in [0.25, 0.3) is 5.65 Å². The van der Waals surface area contributed by atoms with Gasteiger partial charge in [0, 0.05) is 10.7 Å². The average Bonchev–Trinajstić information content (AvgIpc) is 2.51. The third-order valence-electron chi connectivity index (χ3n) is 1.78. The first-order valence-electron chi connectivity index (χ1n) is 3.90. The van der Waals surface area contributed by atoms with E-state index in [4.69, 9.17) is 28.7 Å². The first-order chi connectivity index (χ1) is 7.43. The Morgan fingerprint density at radius 3 is 2.69 bits per heavy atom. The molecule has 0 aliphatic rings. The lowest BCUT2D eigenvalue weighted by Gasteiger charge is -1.97. The third kappa shape index (κ3) is 1.73. The van der Waals surface area contributed by atoms with Crippen molar-refractivity contribution in [3.8, 4) is 12.3 Å². The summed E-state index contributed by atoms with van der Waals surface area (Å²) in [5.74, 6) is 2.27. The van der Waals surface area contributed by atoms with Gasteiger partial charge in [0.2, 0.25) is 5.03 Å². The molecule has 2 heterocycles. The number of terminal acetylenes is 1. The second-order valence-electron chi connectivity index (χ2n) is 2.78. The third-order valence-corrected chi connectivity index (χ3v) is 3.42. The largest absolute Gasteiger partial charge is 0.281 e. The van der Waals surface area contributed by atoms with Gasteiger partial charge in [0.1, 0.15) is 5.69 Å². The molecule has 2 aromatic rings. The molecule has 5 nitrogen and oxygen atoms in total.